The van der Waals surface area contributed by atoms with E-state index in [1.165, 1.54) is 24.0 Å². The van der Waals surface area contributed by atoms with Crippen molar-refractivity contribution in [3.05, 3.63) is 53.6 Å². The number of fused-ring (bicyclic) bond motifs is 1. The molecule has 0 spiro atoms. The molecule has 2 nitrogen and oxygen atoms in total. The van der Waals surface area contributed by atoms with E-state index in [2.05, 4.69) is 45.9 Å². The van der Waals surface area contributed by atoms with Gasteiger partial charge in [-0.3, -0.25) is 0 Å². The van der Waals surface area contributed by atoms with E-state index in [0.717, 1.165) is 35.4 Å². The van der Waals surface area contributed by atoms with Gasteiger partial charge < -0.3 is 4.42 Å². The minimum atomic E-state index is 0.689. The van der Waals surface area contributed by atoms with Crippen LogP contribution in [0.1, 0.15) is 51.7 Å². The maximum absolute atomic E-state index is 6.07. The van der Waals surface area contributed by atoms with Gasteiger partial charge in [0.2, 0.25) is 5.89 Å². The van der Waals surface area contributed by atoms with Gasteiger partial charge in [0.15, 0.2) is 5.58 Å². The van der Waals surface area contributed by atoms with Crippen molar-refractivity contribution in [1.29, 1.82) is 0 Å². The number of hydrogen-bond acceptors (Lipinski definition) is 2. The van der Waals surface area contributed by atoms with Gasteiger partial charge in [0.25, 0.3) is 0 Å². The van der Waals surface area contributed by atoms with Crippen LogP contribution in [0.4, 0.5) is 0 Å². The van der Waals surface area contributed by atoms with Crippen molar-refractivity contribution in [3.63, 3.8) is 0 Å². The minimum absolute atomic E-state index is 0.689. The highest BCUT2D eigenvalue weighted by Crippen LogP contribution is 2.31. The third kappa shape index (κ3) is 4.31. The number of benzene rings is 2. The molecule has 2 aromatic carbocycles. The molecule has 0 amide bonds. The van der Waals surface area contributed by atoms with E-state index in [-0.39, 0.29) is 0 Å². The lowest BCUT2D eigenvalue weighted by Crippen LogP contribution is -2.02. The van der Waals surface area contributed by atoms with Gasteiger partial charge in [-0.15, -0.1) is 0 Å². The molecule has 1 aromatic heterocycles. The van der Waals surface area contributed by atoms with Crippen LogP contribution >= 0.6 is 0 Å². The van der Waals surface area contributed by atoms with E-state index in [1.54, 1.807) is 0 Å². The fourth-order valence-corrected chi connectivity index (χ4v) is 3.23. The molecule has 0 fully saturated rings. The summed E-state index contributed by atoms with van der Waals surface area (Å²) in [6, 6.07) is 14.6. The Labute approximate surface area is 151 Å². The van der Waals surface area contributed by atoms with Crippen LogP contribution in [0.25, 0.3) is 22.6 Å². The first-order valence-corrected chi connectivity index (χ1v) is 9.51. The summed E-state index contributed by atoms with van der Waals surface area (Å²) in [6.45, 7) is 9.16. The largest absolute Gasteiger partial charge is 0.436 e. The van der Waals surface area contributed by atoms with Crippen LogP contribution in [0.2, 0.25) is 0 Å². The molecule has 0 saturated heterocycles. The van der Waals surface area contributed by atoms with Crippen molar-refractivity contribution in [3.8, 4) is 11.5 Å². The SMILES string of the molecule is CC(C)CCc1cccc(-c2nc3ccccc3o2)c1CCC(C)C. The molecule has 0 bridgehead atoms. The summed E-state index contributed by atoms with van der Waals surface area (Å²) in [7, 11) is 0. The Bertz CT molecular complexity index is 796. The highest BCUT2D eigenvalue weighted by molar-refractivity contribution is 5.77. The van der Waals surface area contributed by atoms with Crippen molar-refractivity contribution in [2.24, 2.45) is 11.8 Å². The number of rotatable bonds is 7. The Balaban J connectivity index is 2.02. The molecule has 132 valence electrons. The van der Waals surface area contributed by atoms with Crippen molar-refractivity contribution in [1.82, 2.24) is 4.98 Å². The fraction of sp³-hybridized carbons (Fsp3) is 0.435. The number of aryl methyl sites for hydroxylation is 1. The summed E-state index contributed by atoms with van der Waals surface area (Å²) in [5, 5.41) is 0. The highest BCUT2D eigenvalue weighted by Gasteiger charge is 2.16. The Morgan fingerprint density at radius 3 is 2.28 bits per heavy atom. The van der Waals surface area contributed by atoms with Gasteiger partial charge >= 0.3 is 0 Å². The monoisotopic (exact) mass is 335 g/mol. The summed E-state index contributed by atoms with van der Waals surface area (Å²) >= 11 is 0. The Hall–Kier alpha value is -2.09. The van der Waals surface area contributed by atoms with Gasteiger partial charge in [0.05, 0.1) is 0 Å². The molecule has 25 heavy (non-hydrogen) atoms. The van der Waals surface area contributed by atoms with Crippen LogP contribution in [0.3, 0.4) is 0 Å². The molecule has 2 heteroatoms. The Kier molecular flexibility index (Phi) is 5.57. The molecule has 3 aromatic rings. The fourth-order valence-electron chi connectivity index (χ4n) is 3.23. The number of oxazole rings is 1. The quantitative estimate of drug-likeness (QED) is 0.482. The third-order valence-corrected chi connectivity index (χ3v) is 4.76. The van der Waals surface area contributed by atoms with Crippen LogP contribution < -0.4 is 0 Å². The molecular weight excluding hydrogens is 306 g/mol. The molecule has 0 unspecified atom stereocenters. The first-order chi connectivity index (χ1) is 12.0. The number of nitrogens with zero attached hydrogens (tertiary/aromatic N) is 1. The van der Waals surface area contributed by atoms with E-state index in [1.807, 2.05) is 24.3 Å². The molecule has 0 aliphatic rings. The topological polar surface area (TPSA) is 26.0 Å². The average molecular weight is 335 g/mol. The first-order valence-electron chi connectivity index (χ1n) is 9.51. The predicted molar refractivity (Wildman–Crippen MR) is 106 cm³/mol. The van der Waals surface area contributed by atoms with Gasteiger partial charge in [-0.05, 0) is 66.8 Å². The summed E-state index contributed by atoms with van der Waals surface area (Å²) in [5.74, 6) is 2.16. The standard InChI is InChI=1S/C23H29NO/c1-16(2)12-14-18-8-7-9-20(19(18)15-13-17(3)4)23-24-21-10-5-6-11-22(21)25-23/h5-11,16-17H,12-15H2,1-4H3. The maximum atomic E-state index is 6.07. The molecule has 0 aliphatic carbocycles. The molecule has 0 saturated carbocycles. The minimum Gasteiger partial charge on any atom is -0.436 e. The third-order valence-electron chi connectivity index (χ3n) is 4.76. The van der Waals surface area contributed by atoms with Crippen molar-refractivity contribution < 1.29 is 4.42 Å². The lowest BCUT2D eigenvalue weighted by atomic mass is 9.90. The first kappa shape index (κ1) is 17.7. The summed E-state index contributed by atoms with van der Waals surface area (Å²) in [4.78, 5) is 4.74. The highest BCUT2D eigenvalue weighted by atomic mass is 16.3. The van der Waals surface area contributed by atoms with Crippen LogP contribution in [0, 0.1) is 11.8 Å². The summed E-state index contributed by atoms with van der Waals surface area (Å²) < 4.78 is 6.07. The van der Waals surface area contributed by atoms with Gasteiger partial charge in [-0.25, -0.2) is 4.98 Å². The zero-order valence-electron chi connectivity index (χ0n) is 15.9. The Morgan fingerprint density at radius 1 is 0.840 bits per heavy atom. The van der Waals surface area contributed by atoms with Crippen molar-refractivity contribution in [2.45, 2.75) is 53.4 Å². The second-order valence-corrected chi connectivity index (χ2v) is 7.80. The van der Waals surface area contributed by atoms with Crippen LogP contribution in [0.5, 0.6) is 0 Å². The number of aromatic nitrogens is 1. The van der Waals surface area contributed by atoms with Crippen LogP contribution in [-0.4, -0.2) is 4.98 Å². The summed E-state index contributed by atoms with van der Waals surface area (Å²) in [6.07, 6.45) is 4.61. The van der Waals surface area contributed by atoms with Gasteiger partial charge in [0.1, 0.15) is 5.52 Å². The van der Waals surface area contributed by atoms with E-state index in [9.17, 15) is 0 Å². The van der Waals surface area contributed by atoms with Crippen LogP contribution in [-0.2, 0) is 12.8 Å². The van der Waals surface area contributed by atoms with Gasteiger partial charge in [-0.1, -0.05) is 52.0 Å². The van der Waals surface area contributed by atoms with E-state index < -0.39 is 0 Å². The van der Waals surface area contributed by atoms with E-state index in [0.29, 0.717) is 11.8 Å². The van der Waals surface area contributed by atoms with Crippen molar-refractivity contribution >= 4 is 11.1 Å². The molecule has 1 heterocycles. The number of para-hydroxylation sites is 2. The average Bonchev–Trinajstić information content (AvgIpc) is 3.02. The smallest absolute Gasteiger partial charge is 0.227 e. The zero-order chi connectivity index (χ0) is 17.8. The predicted octanol–water partition coefficient (Wildman–Crippen LogP) is 6.67. The Morgan fingerprint density at radius 2 is 1.56 bits per heavy atom. The molecule has 0 atom stereocenters. The molecule has 0 aliphatic heterocycles. The lowest BCUT2D eigenvalue weighted by molar-refractivity contribution is 0.569. The molecule has 0 radical (unpaired) electrons. The second kappa shape index (κ2) is 7.86. The molecule has 3 rings (SSSR count). The van der Waals surface area contributed by atoms with E-state index >= 15 is 0 Å². The second-order valence-electron chi connectivity index (χ2n) is 7.80. The zero-order valence-corrected chi connectivity index (χ0v) is 15.9. The van der Waals surface area contributed by atoms with E-state index in [4.69, 9.17) is 9.40 Å². The normalized spacial score (nSPS) is 11.8. The van der Waals surface area contributed by atoms with Gasteiger partial charge in [-0.2, -0.15) is 0 Å². The van der Waals surface area contributed by atoms with Crippen LogP contribution in [0.15, 0.2) is 46.9 Å². The molecular formula is C23H29NO. The molecule has 0 N–H and O–H groups in total. The summed E-state index contributed by atoms with van der Waals surface area (Å²) in [5.41, 5.74) is 5.83. The van der Waals surface area contributed by atoms with Gasteiger partial charge in [0, 0.05) is 5.56 Å². The van der Waals surface area contributed by atoms with Crippen molar-refractivity contribution in [2.75, 3.05) is 0 Å². The maximum Gasteiger partial charge on any atom is 0.227 e. The lowest BCUT2D eigenvalue weighted by Gasteiger charge is -2.15. The number of hydrogen-bond donors (Lipinski definition) is 0.